The van der Waals surface area contributed by atoms with E-state index in [4.69, 9.17) is 0 Å². The third kappa shape index (κ3) is 3.32. The second kappa shape index (κ2) is 5.22. The molecule has 0 saturated heterocycles. The number of benzene rings is 1. The maximum atomic E-state index is 3.49. The first-order valence-corrected chi connectivity index (χ1v) is 6.84. The van der Waals surface area contributed by atoms with E-state index in [9.17, 15) is 0 Å². The van der Waals surface area contributed by atoms with Crippen LogP contribution >= 0.6 is 0 Å². The van der Waals surface area contributed by atoms with Gasteiger partial charge in [0.25, 0.3) is 0 Å². The lowest BCUT2D eigenvalue weighted by Gasteiger charge is -2.19. The molecule has 1 nitrogen and oxygen atoms in total. The molecule has 1 heteroatoms. The Morgan fingerprint density at radius 1 is 1.18 bits per heavy atom. The van der Waals surface area contributed by atoms with Crippen LogP contribution in [0.1, 0.15) is 41.5 Å². The highest BCUT2D eigenvalue weighted by molar-refractivity contribution is 5.38. The molecule has 2 rings (SSSR count). The quantitative estimate of drug-likeness (QED) is 0.817. The Morgan fingerprint density at radius 2 is 1.76 bits per heavy atom. The second-order valence-corrected chi connectivity index (χ2v) is 5.75. The molecule has 17 heavy (non-hydrogen) atoms. The van der Waals surface area contributed by atoms with Gasteiger partial charge in [0.1, 0.15) is 0 Å². The normalized spacial score (nSPS) is 17.2. The molecule has 1 aromatic rings. The predicted octanol–water partition coefficient (Wildman–Crippen LogP) is 3.54. The first-order valence-electron chi connectivity index (χ1n) is 6.84. The van der Waals surface area contributed by atoms with Crippen LogP contribution in [0.3, 0.4) is 0 Å². The van der Waals surface area contributed by atoms with Crippen LogP contribution in [0.4, 0.5) is 0 Å². The highest BCUT2D eigenvalue weighted by atomic mass is 14.9. The number of hydrogen-bond acceptors (Lipinski definition) is 1. The van der Waals surface area contributed by atoms with Gasteiger partial charge in [-0.25, -0.2) is 0 Å². The number of rotatable bonds is 5. The van der Waals surface area contributed by atoms with Crippen LogP contribution in [0, 0.1) is 26.7 Å². The Hall–Kier alpha value is -0.820. The Kier molecular flexibility index (Phi) is 3.88. The van der Waals surface area contributed by atoms with Crippen LogP contribution in [-0.4, -0.2) is 13.1 Å². The van der Waals surface area contributed by atoms with Gasteiger partial charge in [-0.2, -0.15) is 0 Å². The minimum absolute atomic E-state index is 0.655. The van der Waals surface area contributed by atoms with Crippen LogP contribution < -0.4 is 5.32 Å². The zero-order valence-corrected chi connectivity index (χ0v) is 11.6. The van der Waals surface area contributed by atoms with Gasteiger partial charge in [0.15, 0.2) is 0 Å². The Balaban J connectivity index is 2.10. The van der Waals surface area contributed by atoms with Gasteiger partial charge in [0.05, 0.1) is 0 Å². The summed E-state index contributed by atoms with van der Waals surface area (Å²) in [4.78, 5) is 0. The molecule has 1 saturated carbocycles. The van der Waals surface area contributed by atoms with Crippen LogP contribution in [-0.2, 0) is 6.42 Å². The van der Waals surface area contributed by atoms with Gasteiger partial charge in [-0.05, 0) is 63.3 Å². The van der Waals surface area contributed by atoms with Gasteiger partial charge in [0.2, 0.25) is 0 Å². The van der Waals surface area contributed by atoms with E-state index in [2.05, 4.69) is 45.3 Å². The van der Waals surface area contributed by atoms with E-state index in [0.29, 0.717) is 6.04 Å². The Labute approximate surface area is 106 Å². The summed E-state index contributed by atoms with van der Waals surface area (Å²) in [6.45, 7) is 6.68. The minimum Gasteiger partial charge on any atom is -0.317 e. The standard InChI is InChI=1S/C16H25N/c1-11-7-12(2)16(13(3)8-11)10-15(17-4)9-14-5-6-14/h7-8,14-15,17H,5-6,9-10H2,1-4H3. The zero-order valence-electron chi connectivity index (χ0n) is 11.6. The average Bonchev–Trinajstić information content (AvgIpc) is 3.05. The van der Waals surface area contributed by atoms with Crippen molar-refractivity contribution in [2.45, 2.75) is 52.5 Å². The van der Waals surface area contributed by atoms with E-state index in [1.54, 1.807) is 5.56 Å². The molecule has 0 aromatic heterocycles. The Morgan fingerprint density at radius 3 is 2.24 bits per heavy atom. The molecule has 1 aromatic carbocycles. The molecule has 1 aliphatic carbocycles. The van der Waals surface area contributed by atoms with Gasteiger partial charge in [-0.15, -0.1) is 0 Å². The van der Waals surface area contributed by atoms with E-state index in [-0.39, 0.29) is 0 Å². The van der Waals surface area contributed by atoms with Crippen LogP contribution in [0.25, 0.3) is 0 Å². The summed E-state index contributed by atoms with van der Waals surface area (Å²) in [5.41, 5.74) is 5.85. The molecule has 94 valence electrons. The highest BCUT2D eigenvalue weighted by Crippen LogP contribution is 2.34. The van der Waals surface area contributed by atoms with Crippen molar-refractivity contribution in [2.75, 3.05) is 7.05 Å². The van der Waals surface area contributed by atoms with E-state index in [1.807, 2.05) is 0 Å². The summed E-state index contributed by atoms with van der Waals surface area (Å²) in [6.07, 6.45) is 5.43. The highest BCUT2D eigenvalue weighted by Gasteiger charge is 2.25. The predicted molar refractivity (Wildman–Crippen MR) is 74.5 cm³/mol. The maximum absolute atomic E-state index is 3.49. The lowest BCUT2D eigenvalue weighted by molar-refractivity contribution is 0.489. The zero-order chi connectivity index (χ0) is 12.4. The summed E-state index contributed by atoms with van der Waals surface area (Å²) in [6, 6.07) is 5.28. The molecule has 1 aliphatic rings. The average molecular weight is 231 g/mol. The van der Waals surface area contributed by atoms with Crippen molar-refractivity contribution in [3.05, 3.63) is 34.4 Å². The summed E-state index contributed by atoms with van der Waals surface area (Å²) in [7, 11) is 2.10. The van der Waals surface area contributed by atoms with Crippen molar-refractivity contribution in [1.82, 2.24) is 5.32 Å². The van der Waals surface area contributed by atoms with Gasteiger partial charge < -0.3 is 5.32 Å². The molecule has 0 bridgehead atoms. The number of aryl methyl sites for hydroxylation is 3. The molecule has 1 fully saturated rings. The number of hydrogen-bond donors (Lipinski definition) is 1. The lowest BCUT2D eigenvalue weighted by atomic mass is 9.92. The largest absolute Gasteiger partial charge is 0.317 e. The summed E-state index contributed by atoms with van der Waals surface area (Å²) >= 11 is 0. The molecule has 1 N–H and O–H groups in total. The van der Waals surface area contributed by atoms with E-state index in [1.165, 1.54) is 42.4 Å². The number of nitrogens with one attached hydrogen (secondary N) is 1. The summed E-state index contributed by atoms with van der Waals surface area (Å²) < 4.78 is 0. The van der Waals surface area contributed by atoms with Crippen molar-refractivity contribution in [2.24, 2.45) is 5.92 Å². The van der Waals surface area contributed by atoms with Gasteiger partial charge in [-0.3, -0.25) is 0 Å². The van der Waals surface area contributed by atoms with Crippen LogP contribution in [0.5, 0.6) is 0 Å². The minimum atomic E-state index is 0.655. The van der Waals surface area contributed by atoms with E-state index in [0.717, 1.165) is 5.92 Å². The SMILES string of the molecule is CNC(Cc1c(C)cc(C)cc1C)CC1CC1. The second-order valence-electron chi connectivity index (χ2n) is 5.75. The molecule has 1 atom stereocenters. The van der Waals surface area contributed by atoms with E-state index >= 15 is 0 Å². The maximum Gasteiger partial charge on any atom is 0.0107 e. The van der Waals surface area contributed by atoms with Gasteiger partial charge in [0, 0.05) is 6.04 Å². The smallest absolute Gasteiger partial charge is 0.0107 e. The van der Waals surface area contributed by atoms with Crippen LogP contribution in [0.2, 0.25) is 0 Å². The van der Waals surface area contributed by atoms with Crippen LogP contribution in [0.15, 0.2) is 12.1 Å². The first kappa shape index (κ1) is 12.6. The third-order valence-corrected chi connectivity index (χ3v) is 4.01. The monoisotopic (exact) mass is 231 g/mol. The fourth-order valence-corrected chi connectivity index (χ4v) is 2.84. The van der Waals surface area contributed by atoms with Crippen molar-refractivity contribution in [1.29, 1.82) is 0 Å². The van der Waals surface area contributed by atoms with Gasteiger partial charge in [-0.1, -0.05) is 30.5 Å². The summed E-state index contributed by atoms with van der Waals surface area (Å²) in [5.74, 6) is 0.999. The molecular formula is C16H25N. The summed E-state index contributed by atoms with van der Waals surface area (Å²) in [5, 5.41) is 3.49. The third-order valence-electron chi connectivity index (χ3n) is 4.01. The topological polar surface area (TPSA) is 12.0 Å². The molecule has 0 heterocycles. The molecule has 0 spiro atoms. The lowest BCUT2D eigenvalue weighted by Crippen LogP contribution is -2.28. The van der Waals surface area contributed by atoms with Crippen molar-refractivity contribution in [3.63, 3.8) is 0 Å². The molecule has 1 unspecified atom stereocenters. The van der Waals surface area contributed by atoms with E-state index < -0.39 is 0 Å². The molecule has 0 amide bonds. The van der Waals surface area contributed by atoms with Crippen molar-refractivity contribution >= 4 is 0 Å². The number of likely N-dealkylation sites (N-methyl/N-ethyl adjacent to an activating group) is 1. The Bertz CT molecular complexity index is 368. The molecular weight excluding hydrogens is 206 g/mol. The molecule has 0 aliphatic heterocycles. The molecule has 0 radical (unpaired) electrons. The van der Waals surface area contributed by atoms with Crippen molar-refractivity contribution in [3.8, 4) is 0 Å². The van der Waals surface area contributed by atoms with Gasteiger partial charge >= 0.3 is 0 Å². The van der Waals surface area contributed by atoms with Crippen molar-refractivity contribution < 1.29 is 0 Å². The first-order chi connectivity index (χ1) is 8.10. The fourth-order valence-electron chi connectivity index (χ4n) is 2.84. The fraction of sp³-hybridized carbons (Fsp3) is 0.625.